The number of thiazole rings is 1. The van der Waals surface area contributed by atoms with Crippen LogP contribution in [0.3, 0.4) is 0 Å². The van der Waals surface area contributed by atoms with E-state index in [0.717, 1.165) is 22.7 Å². The first-order valence-corrected chi connectivity index (χ1v) is 8.25. The number of methoxy groups -OCH3 is 2. The van der Waals surface area contributed by atoms with Crippen molar-refractivity contribution < 1.29 is 14.3 Å². The first-order valence-electron chi connectivity index (χ1n) is 7.44. The Hall–Kier alpha value is -2.08. The van der Waals surface area contributed by atoms with Crippen molar-refractivity contribution in [3.8, 4) is 11.5 Å². The second kappa shape index (κ2) is 7.97. The molecule has 1 aromatic carbocycles. The number of aryl methyl sites for hydroxylation is 3. The Morgan fingerprint density at radius 2 is 1.96 bits per heavy atom. The maximum absolute atomic E-state index is 12.0. The summed E-state index contributed by atoms with van der Waals surface area (Å²) in [5.41, 5.74) is 2.00. The number of amides is 1. The Morgan fingerprint density at radius 3 is 2.57 bits per heavy atom. The molecule has 0 radical (unpaired) electrons. The van der Waals surface area contributed by atoms with Gasteiger partial charge in [0.05, 0.1) is 24.9 Å². The van der Waals surface area contributed by atoms with Crippen LogP contribution in [0.2, 0.25) is 0 Å². The molecule has 1 amide bonds. The zero-order chi connectivity index (χ0) is 16.8. The molecule has 0 atom stereocenters. The molecule has 1 N–H and O–H groups in total. The number of hydrogen-bond donors (Lipinski definition) is 1. The average molecular weight is 334 g/mol. The number of aromatic nitrogens is 1. The van der Waals surface area contributed by atoms with E-state index in [9.17, 15) is 4.79 Å². The fourth-order valence-electron chi connectivity index (χ4n) is 2.31. The van der Waals surface area contributed by atoms with Crippen molar-refractivity contribution in [3.63, 3.8) is 0 Å². The third-order valence-corrected chi connectivity index (χ3v) is 4.65. The molecule has 1 heterocycles. The molecule has 0 saturated heterocycles. The molecule has 0 bridgehead atoms. The molecule has 1 aromatic heterocycles. The molecular formula is C17H22N2O3S. The Bertz CT molecular complexity index is 682. The van der Waals surface area contributed by atoms with Crippen LogP contribution in [-0.2, 0) is 17.8 Å². The van der Waals surface area contributed by atoms with Crippen LogP contribution >= 0.6 is 11.3 Å². The van der Waals surface area contributed by atoms with Crippen molar-refractivity contribution in [1.29, 1.82) is 0 Å². The lowest BCUT2D eigenvalue weighted by molar-refractivity contribution is -0.121. The number of carbonyl (C=O) groups is 1. The van der Waals surface area contributed by atoms with Crippen molar-refractivity contribution >= 4 is 17.2 Å². The number of carbonyl (C=O) groups excluding carboxylic acids is 1. The highest BCUT2D eigenvalue weighted by Crippen LogP contribution is 2.27. The van der Waals surface area contributed by atoms with Gasteiger partial charge in [0.15, 0.2) is 11.5 Å². The third-order valence-electron chi connectivity index (χ3n) is 3.52. The van der Waals surface area contributed by atoms with Crippen LogP contribution in [0, 0.1) is 13.8 Å². The van der Waals surface area contributed by atoms with Crippen LogP contribution in [0.5, 0.6) is 11.5 Å². The molecule has 0 aliphatic carbocycles. The zero-order valence-corrected chi connectivity index (χ0v) is 14.8. The van der Waals surface area contributed by atoms with E-state index in [-0.39, 0.29) is 5.91 Å². The molecule has 23 heavy (non-hydrogen) atoms. The summed E-state index contributed by atoms with van der Waals surface area (Å²) in [7, 11) is 3.20. The summed E-state index contributed by atoms with van der Waals surface area (Å²) in [6, 6.07) is 5.62. The summed E-state index contributed by atoms with van der Waals surface area (Å²) < 4.78 is 10.5. The maximum atomic E-state index is 12.0. The van der Waals surface area contributed by atoms with Gasteiger partial charge in [0.2, 0.25) is 5.91 Å². The molecule has 0 saturated carbocycles. The highest BCUT2D eigenvalue weighted by Gasteiger charge is 2.09. The molecule has 0 fully saturated rings. The largest absolute Gasteiger partial charge is 0.493 e. The molecule has 5 nitrogen and oxygen atoms in total. The Morgan fingerprint density at radius 1 is 1.22 bits per heavy atom. The number of ether oxygens (including phenoxy) is 2. The van der Waals surface area contributed by atoms with Crippen LogP contribution < -0.4 is 14.8 Å². The van der Waals surface area contributed by atoms with Gasteiger partial charge in [-0.3, -0.25) is 4.79 Å². The molecular weight excluding hydrogens is 312 g/mol. The van der Waals surface area contributed by atoms with Crippen molar-refractivity contribution in [3.05, 3.63) is 39.3 Å². The van der Waals surface area contributed by atoms with Crippen LogP contribution in [0.25, 0.3) is 0 Å². The van der Waals surface area contributed by atoms with Gasteiger partial charge in [0.25, 0.3) is 0 Å². The summed E-state index contributed by atoms with van der Waals surface area (Å²) in [6.07, 6.45) is 1.20. The normalized spacial score (nSPS) is 10.4. The minimum absolute atomic E-state index is 0.0326. The minimum atomic E-state index is 0.0326. The third kappa shape index (κ3) is 4.69. The van der Waals surface area contributed by atoms with E-state index in [1.54, 1.807) is 25.6 Å². The van der Waals surface area contributed by atoms with E-state index in [4.69, 9.17) is 9.47 Å². The van der Waals surface area contributed by atoms with Crippen LogP contribution in [0.1, 0.15) is 27.6 Å². The van der Waals surface area contributed by atoms with Crippen molar-refractivity contribution in [1.82, 2.24) is 10.3 Å². The highest BCUT2D eigenvalue weighted by atomic mass is 32.1. The predicted molar refractivity (Wildman–Crippen MR) is 91.3 cm³/mol. The summed E-state index contributed by atoms with van der Waals surface area (Å²) in [6.45, 7) is 4.44. The first kappa shape index (κ1) is 17.3. The number of hydrogen-bond acceptors (Lipinski definition) is 5. The van der Waals surface area contributed by atoms with Gasteiger partial charge < -0.3 is 14.8 Å². The standard InChI is InChI=1S/C17H22N2O3S/c1-11-16(23-12(2)19-11)7-8-17(20)18-10-13-5-6-14(21-3)15(9-13)22-4/h5-6,9H,7-8,10H2,1-4H3,(H,18,20). The molecule has 6 heteroatoms. The quantitative estimate of drug-likeness (QED) is 0.845. The molecule has 124 valence electrons. The molecule has 0 spiro atoms. The molecule has 0 aliphatic heterocycles. The molecule has 0 aliphatic rings. The molecule has 2 rings (SSSR count). The number of nitrogens with zero attached hydrogens (tertiary/aromatic N) is 1. The van der Waals surface area contributed by atoms with E-state index < -0.39 is 0 Å². The Labute approximate surface area is 140 Å². The van der Waals surface area contributed by atoms with Gasteiger partial charge in [0.1, 0.15) is 0 Å². The fourth-order valence-corrected chi connectivity index (χ4v) is 3.25. The van der Waals surface area contributed by atoms with Gasteiger partial charge in [-0.1, -0.05) is 6.07 Å². The predicted octanol–water partition coefficient (Wildman–Crippen LogP) is 3.03. The van der Waals surface area contributed by atoms with E-state index in [0.29, 0.717) is 24.5 Å². The highest BCUT2D eigenvalue weighted by molar-refractivity contribution is 7.11. The second-order valence-electron chi connectivity index (χ2n) is 5.21. The summed E-state index contributed by atoms with van der Waals surface area (Å²) in [5, 5.41) is 3.98. The summed E-state index contributed by atoms with van der Waals surface area (Å²) in [5.74, 6) is 1.37. The minimum Gasteiger partial charge on any atom is -0.493 e. The van der Waals surface area contributed by atoms with Gasteiger partial charge in [-0.15, -0.1) is 11.3 Å². The SMILES string of the molecule is COc1ccc(CNC(=O)CCc2sc(C)nc2C)cc1OC. The fraction of sp³-hybridized carbons (Fsp3) is 0.412. The lowest BCUT2D eigenvalue weighted by atomic mass is 10.2. The topological polar surface area (TPSA) is 60.5 Å². The summed E-state index contributed by atoms with van der Waals surface area (Å²) in [4.78, 5) is 17.6. The molecule has 0 unspecified atom stereocenters. The zero-order valence-electron chi connectivity index (χ0n) is 13.9. The average Bonchev–Trinajstić information content (AvgIpc) is 2.88. The van der Waals surface area contributed by atoms with Crippen molar-refractivity contribution in [2.45, 2.75) is 33.2 Å². The lowest BCUT2D eigenvalue weighted by Gasteiger charge is -2.10. The monoisotopic (exact) mass is 334 g/mol. The smallest absolute Gasteiger partial charge is 0.220 e. The van der Waals surface area contributed by atoms with Crippen LogP contribution in [0.15, 0.2) is 18.2 Å². The number of benzene rings is 1. The Balaban J connectivity index is 1.85. The lowest BCUT2D eigenvalue weighted by Crippen LogP contribution is -2.23. The van der Waals surface area contributed by atoms with Crippen LogP contribution in [0.4, 0.5) is 0 Å². The second-order valence-corrected chi connectivity index (χ2v) is 6.50. The van der Waals surface area contributed by atoms with Crippen molar-refractivity contribution in [2.24, 2.45) is 0 Å². The molecule has 2 aromatic rings. The first-order chi connectivity index (χ1) is 11.0. The van der Waals surface area contributed by atoms with Gasteiger partial charge >= 0.3 is 0 Å². The van der Waals surface area contributed by atoms with E-state index in [1.165, 1.54) is 4.88 Å². The number of nitrogens with one attached hydrogen (secondary N) is 1. The van der Waals surface area contributed by atoms with Gasteiger partial charge in [-0.2, -0.15) is 0 Å². The van der Waals surface area contributed by atoms with Gasteiger partial charge in [-0.25, -0.2) is 4.98 Å². The Kier molecular flexibility index (Phi) is 5.98. The van der Waals surface area contributed by atoms with Gasteiger partial charge in [0, 0.05) is 17.8 Å². The van der Waals surface area contributed by atoms with Gasteiger partial charge in [-0.05, 0) is 38.0 Å². The maximum Gasteiger partial charge on any atom is 0.220 e. The summed E-state index contributed by atoms with van der Waals surface area (Å²) >= 11 is 1.66. The van der Waals surface area contributed by atoms with Crippen LogP contribution in [-0.4, -0.2) is 25.1 Å². The number of rotatable bonds is 7. The van der Waals surface area contributed by atoms with E-state index in [1.807, 2.05) is 32.0 Å². The van der Waals surface area contributed by atoms with Crippen molar-refractivity contribution in [2.75, 3.05) is 14.2 Å². The van der Waals surface area contributed by atoms with E-state index >= 15 is 0 Å². The van der Waals surface area contributed by atoms with E-state index in [2.05, 4.69) is 10.3 Å².